The van der Waals surface area contributed by atoms with E-state index in [9.17, 15) is 18.3 Å². The van der Waals surface area contributed by atoms with Gasteiger partial charge in [-0.05, 0) is 6.92 Å². The summed E-state index contributed by atoms with van der Waals surface area (Å²) in [6.45, 7) is 1.48. The molecule has 1 aromatic rings. The van der Waals surface area contributed by atoms with Crippen LogP contribution in [0.4, 0.5) is 13.2 Å². The number of alkyl halides is 4. The fourth-order valence-corrected chi connectivity index (χ4v) is 1.62. The molecule has 7 heteroatoms. The van der Waals surface area contributed by atoms with Crippen molar-refractivity contribution >= 4 is 15.9 Å². The first-order chi connectivity index (χ1) is 6.85. The molecule has 15 heavy (non-hydrogen) atoms. The van der Waals surface area contributed by atoms with E-state index >= 15 is 0 Å². The van der Waals surface area contributed by atoms with Gasteiger partial charge in [0.05, 0.1) is 6.20 Å². The van der Waals surface area contributed by atoms with Crippen LogP contribution < -0.4 is 4.74 Å². The number of aromatic hydroxyl groups is 1. The van der Waals surface area contributed by atoms with Crippen LogP contribution in [0.15, 0.2) is 6.20 Å². The van der Waals surface area contributed by atoms with E-state index in [1.165, 1.54) is 6.92 Å². The number of nitrogens with zero attached hydrogens (tertiary/aromatic N) is 1. The number of halogens is 4. The van der Waals surface area contributed by atoms with Crippen molar-refractivity contribution in [3.63, 3.8) is 0 Å². The molecule has 3 nitrogen and oxygen atoms in total. The van der Waals surface area contributed by atoms with Gasteiger partial charge in [-0.25, -0.2) is 4.98 Å². The van der Waals surface area contributed by atoms with Crippen molar-refractivity contribution < 1.29 is 23.0 Å². The molecule has 0 radical (unpaired) electrons. The van der Waals surface area contributed by atoms with Crippen molar-refractivity contribution in [1.29, 1.82) is 0 Å². The highest BCUT2D eigenvalue weighted by molar-refractivity contribution is 9.08. The first-order valence-electron chi connectivity index (χ1n) is 3.84. The number of ether oxygens (including phenoxy) is 1. The highest BCUT2D eigenvalue weighted by Gasteiger charge is 2.33. The summed E-state index contributed by atoms with van der Waals surface area (Å²) in [5, 5.41) is 9.35. The predicted molar refractivity (Wildman–Crippen MR) is 50.0 cm³/mol. The average Bonchev–Trinajstić information content (AvgIpc) is 2.10. The van der Waals surface area contributed by atoms with Crippen molar-refractivity contribution in [3.8, 4) is 11.6 Å². The molecule has 0 atom stereocenters. The summed E-state index contributed by atoms with van der Waals surface area (Å²) in [7, 11) is 0. The third kappa shape index (κ3) is 2.98. The zero-order valence-corrected chi connectivity index (χ0v) is 9.18. The lowest BCUT2D eigenvalue weighted by atomic mass is 10.1. The molecule has 0 saturated carbocycles. The molecule has 0 spiro atoms. The van der Waals surface area contributed by atoms with Gasteiger partial charge >= 0.3 is 6.36 Å². The molecule has 0 aliphatic carbocycles. The second kappa shape index (κ2) is 4.26. The third-order valence-electron chi connectivity index (χ3n) is 1.75. The molecule has 1 heterocycles. The van der Waals surface area contributed by atoms with Crippen LogP contribution in [0.25, 0.3) is 0 Å². The van der Waals surface area contributed by atoms with Crippen LogP contribution in [0.5, 0.6) is 11.6 Å². The van der Waals surface area contributed by atoms with Crippen molar-refractivity contribution in [1.82, 2.24) is 4.98 Å². The Hall–Kier alpha value is -0.980. The molecule has 0 aromatic carbocycles. The Morgan fingerprint density at radius 2 is 2.13 bits per heavy atom. The second-order valence-corrected chi connectivity index (χ2v) is 3.29. The monoisotopic (exact) mass is 285 g/mol. The highest BCUT2D eigenvalue weighted by atomic mass is 79.9. The lowest BCUT2D eigenvalue weighted by molar-refractivity contribution is -0.276. The Morgan fingerprint density at radius 3 is 2.60 bits per heavy atom. The van der Waals surface area contributed by atoms with E-state index in [-0.39, 0.29) is 16.6 Å². The topological polar surface area (TPSA) is 42.4 Å². The SMILES string of the molecule is Cc1c(O)cnc(OC(F)(F)F)c1CBr. The molecule has 1 aromatic heterocycles. The number of hydrogen-bond acceptors (Lipinski definition) is 3. The van der Waals surface area contributed by atoms with Crippen LogP contribution in [-0.4, -0.2) is 16.5 Å². The van der Waals surface area contributed by atoms with Gasteiger partial charge in [-0.1, -0.05) is 15.9 Å². The van der Waals surface area contributed by atoms with E-state index in [1.54, 1.807) is 0 Å². The van der Waals surface area contributed by atoms with E-state index in [0.29, 0.717) is 5.56 Å². The molecule has 84 valence electrons. The van der Waals surface area contributed by atoms with E-state index in [0.717, 1.165) is 6.20 Å². The summed E-state index contributed by atoms with van der Waals surface area (Å²) in [5.74, 6) is -0.714. The van der Waals surface area contributed by atoms with Crippen LogP contribution in [0, 0.1) is 6.92 Å². The fraction of sp³-hybridized carbons (Fsp3) is 0.375. The normalized spacial score (nSPS) is 11.5. The Morgan fingerprint density at radius 1 is 1.53 bits per heavy atom. The van der Waals surface area contributed by atoms with Gasteiger partial charge in [0.25, 0.3) is 0 Å². The quantitative estimate of drug-likeness (QED) is 0.850. The van der Waals surface area contributed by atoms with Crippen molar-refractivity contribution in [2.24, 2.45) is 0 Å². The van der Waals surface area contributed by atoms with Gasteiger partial charge in [0.2, 0.25) is 5.88 Å². The number of hydrogen-bond donors (Lipinski definition) is 1. The highest BCUT2D eigenvalue weighted by Crippen LogP contribution is 2.31. The van der Waals surface area contributed by atoms with Gasteiger partial charge in [0.1, 0.15) is 5.75 Å². The summed E-state index contributed by atoms with van der Waals surface area (Å²) in [4.78, 5) is 3.37. The van der Waals surface area contributed by atoms with Gasteiger partial charge in [-0.2, -0.15) is 0 Å². The molecule has 0 amide bonds. The van der Waals surface area contributed by atoms with Crippen molar-refractivity contribution in [3.05, 3.63) is 17.3 Å². The Labute approximate surface area is 92.0 Å². The summed E-state index contributed by atoms with van der Waals surface area (Å²) in [6.07, 6.45) is -3.87. The first-order valence-corrected chi connectivity index (χ1v) is 4.96. The molecular weight excluding hydrogens is 279 g/mol. The number of aromatic nitrogens is 1. The maximum Gasteiger partial charge on any atom is 0.574 e. The molecule has 0 unspecified atom stereocenters. The van der Waals surface area contributed by atoms with Crippen LogP contribution >= 0.6 is 15.9 Å². The van der Waals surface area contributed by atoms with Crippen LogP contribution in [0.1, 0.15) is 11.1 Å². The van der Waals surface area contributed by atoms with E-state index in [1.807, 2.05) is 0 Å². The van der Waals surface area contributed by atoms with Gasteiger partial charge < -0.3 is 9.84 Å². The van der Waals surface area contributed by atoms with Crippen molar-refractivity contribution in [2.45, 2.75) is 18.6 Å². The summed E-state index contributed by atoms with van der Waals surface area (Å²) in [5.41, 5.74) is 0.480. The van der Waals surface area contributed by atoms with Crippen molar-refractivity contribution in [2.75, 3.05) is 0 Å². The average molecular weight is 286 g/mol. The summed E-state index contributed by atoms with van der Waals surface area (Å²) in [6, 6.07) is 0. The maximum atomic E-state index is 11.9. The molecule has 0 aliphatic rings. The maximum absolute atomic E-state index is 11.9. The largest absolute Gasteiger partial charge is 0.574 e. The van der Waals surface area contributed by atoms with E-state index < -0.39 is 12.2 Å². The standard InChI is InChI=1S/C8H7BrF3NO2/c1-4-5(2-9)7(13-3-6(4)14)15-8(10,11)12/h3,14H,2H2,1H3. The predicted octanol–water partition coefficient (Wildman–Crippen LogP) is 2.89. The zero-order valence-electron chi connectivity index (χ0n) is 7.60. The smallest absolute Gasteiger partial charge is 0.506 e. The Bertz CT molecular complexity index is 368. The molecule has 0 bridgehead atoms. The lowest BCUT2D eigenvalue weighted by Crippen LogP contribution is -2.19. The second-order valence-electron chi connectivity index (χ2n) is 2.73. The summed E-state index contributed by atoms with van der Waals surface area (Å²) < 4.78 is 39.6. The summed E-state index contributed by atoms with van der Waals surface area (Å²) >= 11 is 3.00. The van der Waals surface area contributed by atoms with Gasteiger partial charge in [-0.3, -0.25) is 0 Å². The van der Waals surface area contributed by atoms with Crippen LogP contribution in [0.3, 0.4) is 0 Å². The molecular formula is C8H7BrF3NO2. The first kappa shape index (κ1) is 12.1. The van der Waals surface area contributed by atoms with Crippen LogP contribution in [-0.2, 0) is 5.33 Å². The molecule has 0 saturated heterocycles. The molecule has 0 fully saturated rings. The minimum Gasteiger partial charge on any atom is -0.506 e. The van der Waals surface area contributed by atoms with Gasteiger partial charge in [0.15, 0.2) is 0 Å². The number of pyridine rings is 1. The zero-order chi connectivity index (χ0) is 11.6. The Balaban J connectivity index is 3.14. The lowest BCUT2D eigenvalue weighted by Gasteiger charge is -2.13. The molecule has 0 aliphatic heterocycles. The third-order valence-corrected chi connectivity index (χ3v) is 2.31. The van der Waals surface area contributed by atoms with E-state index in [2.05, 4.69) is 25.7 Å². The minimum absolute atomic E-state index is 0.117. The molecule has 1 rings (SSSR count). The fourth-order valence-electron chi connectivity index (χ4n) is 0.964. The minimum atomic E-state index is -4.78. The molecule has 1 N–H and O–H groups in total. The van der Waals surface area contributed by atoms with E-state index in [4.69, 9.17) is 0 Å². The Kier molecular flexibility index (Phi) is 3.43. The van der Waals surface area contributed by atoms with Gasteiger partial charge in [0, 0.05) is 16.5 Å². The number of rotatable bonds is 2. The van der Waals surface area contributed by atoms with Crippen LogP contribution in [0.2, 0.25) is 0 Å². The van der Waals surface area contributed by atoms with Gasteiger partial charge in [-0.15, -0.1) is 13.2 Å².